The largest absolute Gasteiger partial charge is 0.464 e. The summed E-state index contributed by atoms with van der Waals surface area (Å²) in [4.78, 5) is 57.2. The Balaban J connectivity index is 1.23. The highest BCUT2D eigenvalue weighted by molar-refractivity contribution is 7.10. The van der Waals surface area contributed by atoms with Gasteiger partial charge in [0.1, 0.15) is 18.7 Å². The van der Waals surface area contributed by atoms with Crippen LogP contribution in [0.2, 0.25) is 0 Å². The quantitative estimate of drug-likeness (QED) is 0.166. The number of pyridine rings is 1. The molecule has 4 aliphatic rings. The third-order valence-corrected chi connectivity index (χ3v) is 14.1. The van der Waals surface area contributed by atoms with Crippen LogP contribution in [0.25, 0.3) is 33.7 Å². The van der Waals surface area contributed by atoms with Crippen LogP contribution in [0.5, 0.6) is 0 Å². The summed E-state index contributed by atoms with van der Waals surface area (Å²) in [5, 5.41) is 7.30. The Morgan fingerprint density at radius 2 is 1.83 bits per heavy atom. The highest BCUT2D eigenvalue weighted by Gasteiger charge is 2.55. The SMILES string of the molecule is CC[n+]1c(-c2cc(N3CCN(C)CC3)cnc2[C@H](C)OC)n2c3cc(ccc31)-c1csc(n1)C[C@H](NC(=O)C1[C@@H](COC)[C@H]1COC)C(=O)N1CCC[C@H](N1)C(=O)OCC(C)(C)C2. The number of hydrazine groups is 1. The molecule has 3 aromatic heterocycles. The Kier molecular flexibility index (Phi) is 13.5. The maximum atomic E-state index is 14.4. The number of likely N-dealkylation sites (N-methyl/N-ethyl adjacent to an activating group) is 1. The Labute approximate surface area is 374 Å². The maximum absolute atomic E-state index is 14.4. The molecular weight excluding hydrogens is 823 g/mol. The highest BCUT2D eigenvalue weighted by Crippen LogP contribution is 2.47. The molecular formula is C46H64N9O7S+. The molecule has 1 aromatic carbocycles. The average molecular weight is 887 g/mol. The van der Waals surface area contributed by atoms with Gasteiger partial charge in [0.2, 0.25) is 5.91 Å². The number of ether oxygens (including phenoxy) is 4. The van der Waals surface area contributed by atoms with Gasteiger partial charge in [-0.15, -0.1) is 11.3 Å². The molecule has 2 N–H and O–H groups in total. The van der Waals surface area contributed by atoms with Crippen LogP contribution in [0.1, 0.15) is 57.3 Å². The molecule has 17 heteroatoms. The lowest BCUT2D eigenvalue weighted by atomic mass is 9.94. The number of nitrogens with zero attached hydrogens (tertiary/aromatic N) is 7. The second-order valence-corrected chi connectivity index (χ2v) is 19.3. The number of nitrogens with one attached hydrogen (secondary N) is 2. The third kappa shape index (κ3) is 9.36. The zero-order valence-corrected chi connectivity index (χ0v) is 38.8. The number of cyclic esters (lactones) is 1. The van der Waals surface area contributed by atoms with Crippen LogP contribution in [0, 0.1) is 23.2 Å². The minimum absolute atomic E-state index is 0.000125. The van der Waals surface area contributed by atoms with Gasteiger partial charge in [0.05, 0.1) is 66.3 Å². The third-order valence-electron chi connectivity index (χ3n) is 13.3. The van der Waals surface area contributed by atoms with Crippen molar-refractivity contribution in [2.75, 3.05) is 85.8 Å². The van der Waals surface area contributed by atoms with Crippen molar-refractivity contribution in [3.8, 4) is 22.6 Å². The van der Waals surface area contributed by atoms with Crippen LogP contribution in [-0.4, -0.2) is 135 Å². The van der Waals surface area contributed by atoms with Gasteiger partial charge in [0.25, 0.3) is 11.7 Å². The van der Waals surface area contributed by atoms with Crippen molar-refractivity contribution in [3.63, 3.8) is 0 Å². The molecule has 3 aliphatic heterocycles. The Bertz CT molecular complexity index is 2290. The number of anilines is 1. The lowest BCUT2D eigenvalue weighted by molar-refractivity contribution is -0.657. The van der Waals surface area contributed by atoms with E-state index in [1.54, 1.807) is 21.3 Å². The van der Waals surface area contributed by atoms with Crippen molar-refractivity contribution >= 4 is 45.8 Å². The predicted octanol–water partition coefficient (Wildman–Crippen LogP) is 3.85. The van der Waals surface area contributed by atoms with Crippen LogP contribution in [0.4, 0.5) is 5.69 Å². The molecule has 16 nitrogen and oxygen atoms in total. The van der Waals surface area contributed by atoms with Crippen molar-refractivity contribution in [2.45, 2.75) is 78.2 Å². The second kappa shape index (κ2) is 18.9. The smallest absolute Gasteiger partial charge is 0.324 e. The van der Waals surface area contributed by atoms with Crippen molar-refractivity contribution in [2.24, 2.45) is 23.2 Å². The summed E-state index contributed by atoms with van der Waals surface area (Å²) in [5.41, 5.74) is 9.31. The molecule has 0 radical (unpaired) electrons. The molecule has 2 saturated heterocycles. The van der Waals surface area contributed by atoms with Gasteiger partial charge >= 0.3 is 5.97 Å². The van der Waals surface area contributed by atoms with Crippen molar-refractivity contribution in [3.05, 3.63) is 46.5 Å². The van der Waals surface area contributed by atoms with Gasteiger partial charge in [0, 0.05) is 82.8 Å². The van der Waals surface area contributed by atoms with Crippen LogP contribution < -0.4 is 20.2 Å². The molecule has 340 valence electrons. The van der Waals surface area contributed by atoms with Gasteiger partial charge in [-0.05, 0) is 69.8 Å². The van der Waals surface area contributed by atoms with Crippen LogP contribution in [0.15, 0.2) is 35.8 Å². The van der Waals surface area contributed by atoms with Crippen LogP contribution >= 0.6 is 11.3 Å². The van der Waals surface area contributed by atoms with Gasteiger partial charge in [-0.2, -0.15) is 0 Å². The number of aryl methyl sites for hydroxylation is 1. The lowest BCUT2D eigenvalue weighted by Gasteiger charge is -2.35. The molecule has 6 heterocycles. The first-order valence-corrected chi connectivity index (χ1v) is 23.2. The number of piperazine rings is 1. The standard InChI is InChI=1S/C46H63N9O7S/c1-9-53-37-13-12-29-19-38(37)54(43(53)31-20-30(22-47-41(31)28(2)61-8)52-17-15-51(5)16-18-52)26-46(3,4)27-62-45(58)34-11-10-14-55(50-34)44(57)35(21-39-48-36(29)25-63-39)49-42(56)40-32(23-59-6)33(40)24-60-7/h12-13,19-20,22,25,28,32-35,40,50H,9-11,14-18,21,23-24,26-27H2,1-8H3/p+1/t28-,32-,33+,34-,35-,40?/m0/s1. The summed E-state index contributed by atoms with van der Waals surface area (Å²) in [6.07, 6.45) is 2.99. The van der Waals surface area contributed by atoms with E-state index in [1.165, 1.54) is 16.3 Å². The Morgan fingerprint density at radius 3 is 2.52 bits per heavy atom. The number of carbonyl (C=O) groups is 3. The first-order valence-electron chi connectivity index (χ1n) is 22.3. The van der Waals surface area contributed by atoms with Crippen LogP contribution in [0.3, 0.4) is 0 Å². The molecule has 2 amide bonds. The second-order valence-electron chi connectivity index (χ2n) is 18.4. The molecule has 1 unspecified atom stereocenters. The van der Waals surface area contributed by atoms with E-state index in [-0.39, 0.29) is 48.7 Å². The lowest BCUT2D eigenvalue weighted by Crippen LogP contribution is -2.60. The molecule has 4 aromatic rings. The first kappa shape index (κ1) is 45.1. The summed E-state index contributed by atoms with van der Waals surface area (Å²) < 4.78 is 27.7. The number of esters is 1. The predicted molar refractivity (Wildman–Crippen MR) is 240 cm³/mol. The van der Waals surface area contributed by atoms with E-state index in [1.807, 2.05) is 18.5 Å². The van der Waals surface area contributed by atoms with Gasteiger partial charge in [-0.1, -0.05) is 13.8 Å². The molecule has 63 heavy (non-hydrogen) atoms. The van der Waals surface area contributed by atoms with E-state index >= 15 is 0 Å². The van der Waals surface area contributed by atoms with E-state index in [9.17, 15) is 14.4 Å². The number of carbonyl (C=O) groups excluding carboxylic acids is 3. The molecule has 1 saturated carbocycles. The number of benzene rings is 1. The number of hydrogen-bond acceptors (Lipinski definition) is 13. The number of thiazole rings is 1. The summed E-state index contributed by atoms with van der Waals surface area (Å²) >= 11 is 1.46. The summed E-state index contributed by atoms with van der Waals surface area (Å²) in [7, 11) is 7.12. The number of imidazole rings is 1. The van der Waals surface area contributed by atoms with E-state index in [4.69, 9.17) is 28.9 Å². The number of aromatic nitrogens is 4. The molecule has 6 bridgehead atoms. The van der Waals surface area contributed by atoms with Crippen LogP contribution in [-0.2, 0) is 52.8 Å². The molecule has 6 atom stereocenters. The van der Waals surface area contributed by atoms with Crippen molar-refractivity contribution in [1.82, 2.24) is 35.2 Å². The van der Waals surface area contributed by atoms with Gasteiger partial charge in [-0.3, -0.25) is 24.4 Å². The summed E-state index contributed by atoms with van der Waals surface area (Å²) in [5.74, 6) is -0.299. The number of fused-ring (bicyclic) bond motifs is 6. The normalized spacial score (nSPS) is 24.9. The van der Waals surface area contributed by atoms with E-state index in [0.29, 0.717) is 50.7 Å². The van der Waals surface area contributed by atoms with Gasteiger partial charge in [0.15, 0.2) is 11.0 Å². The van der Waals surface area contributed by atoms with Crippen molar-refractivity contribution < 1.29 is 37.9 Å². The minimum atomic E-state index is -0.923. The molecule has 0 spiro atoms. The molecule has 3 fully saturated rings. The summed E-state index contributed by atoms with van der Waals surface area (Å²) in [6, 6.07) is 7.07. The summed E-state index contributed by atoms with van der Waals surface area (Å²) in [6.45, 7) is 14.8. The maximum Gasteiger partial charge on any atom is 0.324 e. The fourth-order valence-corrected chi connectivity index (χ4v) is 10.4. The minimum Gasteiger partial charge on any atom is -0.464 e. The first-order chi connectivity index (χ1) is 30.3. The number of rotatable bonds is 11. The average Bonchev–Trinajstić information content (AvgIpc) is 3.59. The zero-order chi connectivity index (χ0) is 44.6. The Hall–Kier alpha value is -4.52. The zero-order valence-electron chi connectivity index (χ0n) is 38.0. The fourth-order valence-electron chi connectivity index (χ4n) is 9.59. The van der Waals surface area contributed by atoms with Gasteiger partial charge in [-0.25, -0.2) is 19.5 Å². The van der Waals surface area contributed by atoms with Gasteiger partial charge < -0.3 is 34.1 Å². The van der Waals surface area contributed by atoms with Crippen molar-refractivity contribution in [1.29, 1.82) is 0 Å². The molecule has 8 rings (SSSR count). The number of hydrogen-bond donors (Lipinski definition) is 2. The molecule has 1 aliphatic carbocycles. The number of methoxy groups -OCH3 is 3. The topological polar surface area (TPSA) is 156 Å². The van der Waals surface area contributed by atoms with E-state index in [2.05, 4.69) is 81.8 Å². The fraction of sp³-hybridized carbons (Fsp3) is 0.609. The number of amides is 2. The van der Waals surface area contributed by atoms with E-state index < -0.39 is 23.5 Å². The van der Waals surface area contributed by atoms with E-state index in [0.717, 1.165) is 71.2 Å². The Morgan fingerprint density at radius 1 is 1.08 bits per heavy atom. The monoisotopic (exact) mass is 886 g/mol. The highest BCUT2D eigenvalue weighted by atomic mass is 32.1.